The number of piperidine rings is 1. The maximum Gasteiger partial charge on any atom is 0.0205 e. The van der Waals surface area contributed by atoms with Gasteiger partial charge in [0.1, 0.15) is 0 Å². The van der Waals surface area contributed by atoms with Gasteiger partial charge in [-0.25, -0.2) is 0 Å². The summed E-state index contributed by atoms with van der Waals surface area (Å²) in [4.78, 5) is 0. The average molecular weight is 186 g/mol. The zero-order valence-corrected chi connectivity index (χ0v) is 8.03. The van der Waals surface area contributed by atoms with E-state index in [1.165, 1.54) is 5.56 Å². The van der Waals surface area contributed by atoms with Crippen LogP contribution in [0.25, 0.3) is 0 Å². The highest BCUT2D eigenvalue weighted by molar-refractivity contribution is 5.69. The molecule has 2 aliphatic rings. The van der Waals surface area contributed by atoms with Crippen molar-refractivity contribution in [3.63, 3.8) is 0 Å². The van der Waals surface area contributed by atoms with Gasteiger partial charge in [-0.15, -0.1) is 0 Å². The second-order valence-electron chi connectivity index (χ2n) is 4.34. The molecule has 2 fully saturated rings. The fraction of sp³-hybridized carbons (Fsp3) is 0.417. The summed E-state index contributed by atoms with van der Waals surface area (Å²) >= 11 is 0. The summed E-state index contributed by atoms with van der Waals surface area (Å²) in [5.74, 6) is 1.15. The van der Waals surface area contributed by atoms with Crippen molar-refractivity contribution in [2.45, 2.75) is 5.41 Å². The number of nitrogens with one attached hydrogen (secondary N) is 2. The minimum Gasteiger partial charge on any atom is -0.315 e. The van der Waals surface area contributed by atoms with Crippen LogP contribution in [0.4, 0.5) is 0 Å². The van der Waals surface area contributed by atoms with Gasteiger partial charge in [0.25, 0.3) is 0 Å². The van der Waals surface area contributed by atoms with Crippen molar-refractivity contribution < 1.29 is 0 Å². The second kappa shape index (κ2) is 2.67. The minimum atomic E-state index is 0.267. The van der Waals surface area contributed by atoms with Crippen molar-refractivity contribution in [2.75, 3.05) is 13.1 Å². The highest BCUT2D eigenvalue weighted by Crippen LogP contribution is 2.60. The summed E-state index contributed by atoms with van der Waals surface area (Å²) in [6, 6.07) is 10.6. The summed E-state index contributed by atoms with van der Waals surface area (Å²) in [6.45, 7) is 2.12. The van der Waals surface area contributed by atoms with Crippen LogP contribution < -0.4 is 5.32 Å². The quantitative estimate of drug-likeness (QED) is 0.673. The molecule has 2 N–H and O–H groups in total. The molecule has 0 radical (unpaired) electrons. The maximum absolute atomic E-state index is 7.44. The molecule has 3 unspecified atom stereocenters. The van der Waals surface area contributed by atoms with E-state index in [0.717, 1.165) is 13.1 Å². The molecular formula is C12H14N2. The lowest BCUT2D eigenvalue weighted by Crippen LogP contribution is -2.23. The molecule has 1 saturated heterocycles. The predicted octanol–water partition coefficient (Wildman–Crippen LogP) is 1.42. The second-order valence-corrected chi connectivity index (χ2v) is 4.34. The highest BCUT2D eigenvalue weighted by atomic mass is 15.0. The monoisotopic (exact) mass is 186 g/mol. The molecule has 3 atom stereocenters. The number of hydrogen-bond acceptors (Lipinski definition) is 2. The molecule has 1 saturated carbocycles. The van der Waals surface area contributed by atoms with E-state index in [-0.39, 0.29) is 5.41 Å². The molecule has 0 amide bonds. The fourth-order valence-corrected chi connectivity index (χ4v) is 3.07. The van der Waals surface area contributed by atoms with Gasteiger partial charge in [-0.2, -0.15) is 0 Å². The van der Waals surface area contributed by atoms with Gasteiger partial charge in [-0.05, 0) is 24.2 Å². The fourth-order valence-electron chi connectivity index (χ4n) is 3.07. The molecule has 0 aromatic heterocycles. The van der Waals surface area contributed by atoms with Gasteiger partial charge >= 0.3 is 0 Å². The van der Waals surface area contributed by atoms with E-state index < -0.39 is 0 Å². The molecule has 0 bridgehead atoms. The lowest BCUT2D eigenvalue weighted by atomic mass is 9.93. The van der Waals surface area contributed by atoms with Crippen LogP contribution in [0.2, 0.25) is 0 Å². The molecule has 72 valence electrons. The molecule has 3 rings (SSSR count). The molecule has 2 heteroatoms. The Bertz CT molecular complexity index is 360. The number of fused-ring (bicyclic) bond motifs is 1. The van der Waals surface area contributed by atoms with Crippen molar-refractivity contribution in [3.8, 4) is 0 Å². The van der Waals surface area contributed by atoms with Crippen molar-refractivity contribution in [1.29, 1.82) is 5.41 Å². The van der Waals surface area contributed by atoms with Gasteiger partial charge in [-0.3, -0.25) is 0 Å². The first-order valence-electron chi connectivity index (χ1n) is 5.16. The number of hydrogen-bond donors (Lipinski definition) is 2. The van der Waals surface area contributed by atoms with Crippen LogP contribution in [0, 0.1) is 17.2 Å². The lowest BCUT2D eigenvalue weighted by molar-refractivity contribution is 0.640. The Kier molecular flexibility index (Phi) is 1.56. The molecule has 1 heterocycles. The molecule has 1 aliphatic carbocycles. The normalized spacial score (nSPS) is 39.1. The summed E-state index contributed by atoms with van der Waals surface area (Å²) in [5, 5.41) is 10.9. The van der Waals surface area contributed by atoms with E-state index in [1.807, 2.05) is 0 Å². The zero-order valence-electron chi connectivity index (χ0n) is 8.03. The van der Waals surface area contributed by atoms with Gasteiger partial charge in [0.15, 0.2) is 0 Å². The van der Waals surface area contributed by atoms with Crippen LogP contribution in [0.15, 0.2) is 30.3 Å². The minimum absolute atomic E-state index is 0.267. The van der Waals surface area contributed by atoms with E-state index in [4.69, 9.17) is 5.41 Å². The van der Waals surface area contributed by atoms with Gasteiger partial charge in [0.05, 0.1) is 0 Å². The predicted molar refractivity (Wildman–Crippen MR) is 56.8 cm³/mol. The summed E-state index contributed by atoms with van der Waals surface area (Å²) in [7, 11) is 0. The summed E-state index contributed by atoms with van der Waals surface area (Å²) < 4.78 is 0. The SMILES string of the molecule is N=CC1C2CNCC12c1ccccc1. The van der Waals surface area contributed by atoms with Crippen LogP contribution in [0.3, 0.4) is 0 Å². The smallest absolute Gasteiger partial charge is 0.0205 e. The zero-order chi connectivity index (χ0) is 9.60. The summed E-state index contributed by atoms with van der Waals surface area (Å²) in [5.41, 5.74) is 1.67. The van der Waals surface area contributed by atoms with Crippen LogP contribution in [-0.4, -0.2) is 19.3 Å². The third-order valence-corrected chi connectivity index (χ3v) is 3.85. The van der Waals surface area contributed by atoms with Crippen LogP contribution in [-0.2, 0) is 5.41 Å². The van der Waals surface area contributed by atoms with Crippen LogP contribution in [0.1, 0.15) is 5.56 Å². The highest BCUT2D eigenvalue weighted by Gasteiger charge is 2.66. The standard InChI is InChI=1S/C12H14N2/c13-6-10-11-7-14-8-12(10,11)9-4-2-1-3-5-9/h1-6,10-11,13-14H,7-8H2. The molecule has 1 aliphatic heterocycles. The van der Waals surface area contributed by atoms with Gasteiger partial charge in [0, 0.05) is 17.9 Å². The Balaban J connectivity index is 2.02. The van der Waals surface area contributed by atoms with Crippen LogP contribution >= 0.6 is 0 Å². The molecule has 14 heavy (non-hydrogen) atoms. The Morgan fingerprint density at radius 2 is 2.14 bits per heavy atom. The first-order valence-corrected chi connectivity index (χ1v) is 5.16. The molecular weight excluding hydrogens is 172 g/mol. The van der Waals surface area contributed by atoms with Crippen molar-refractivity contribution in [2.24, 2.45) is 11.8 Å². The average Bonchev–Trinajstić information content (AvgIpc) is 2.67. The maximum atomic E-state index is 7.44. The van der Waals surface area contributed by atoms with E-state index in [9.17, 15) is 0 Å². The third kappa shape index (κ3) is 0.819. The number of benzene rings is 1. The molecule has 1 aromatic rings. The first-order chi connectivity index (χ1) is 6.89. The molecule has 2 nitrogen and oxygen atoms in total. The van der Waals surface area contributed by atoms with E-state index in [1.54, 1.807) is 6.21 Å². The Hall–Kier alpha value is -1.15. The van der Waals surface area contributed by atoms with Crippen molar-refractivity contribution in [1.82, 2.24) is 5.32 Å². The number of rotatable bonds is 2. The van der Waals surface area contributed by atoms with E-state index in [0.29, 0.717) is 11.8 Å². The van der Waals surface area contributed by atoms with Gasteiger partial charge in [-0.1, -0.05) is 30.3 Å². The lowest BCUT2D eigenvalue weighted by Gasteiger charge is -2.13. The third-order valence-electron chi connectivity index (χ3n) is 3.85. The largest absolute Gasteiger partial charge is 0.315 e. The Labute approximate surface area is 83.8 Å². The van der Waals surface area contributed by atoms with Crippen LogP contribution in [0.5, 0.6) is 0 Å². The Morgan fingerprint density at radius 1 is 1.36 bits per heavy atom. The Morgan fingerprint density at radius 3 is 2.79 bits per heavy atom. The summed E-state index contributed by atoms with van der Waals surface area (Å²) in [6.07, 6.45) is 1.64. The topological polar surface area (TPSA) is 35.9 Å². The molecule has 1 aromatic carbocycles. The van der Waals surface area contributed by atoms with Crippen molar-refractivity contribution >= 4 is 6.21 Å². The van der Waals surface area contributed by atoms with Crippen molar-refractivity contribution in [3.05, 3.63) is 35.9 Å². The van der Waals surface area contributed by atoms with Gasteiger partial charge in [0.2, 0.25) is 0 Å². The van der Waals surface area contributed by atoms with E-state index in [2.05, 4.69) is 35.6 Å². The molecule has 0 spiro atoms. The van der Waals surface area contributed by atoms with Gasteiger partial charge < -0.3 is 10.7 Å². The first kappa shape index (κ1) is 8.18. The van der Waals surface area contributed by atoms with E-state index >= 15 is 0 Å².